The lowest BCUT2D eigenvalue weighted by atomic mass is 10.0. The summed E-state index contributed by atoms with van der Waals surface area (Å²) >= 11 is 0. The van der Waals surface area contributed by atoms with Gasteiger partial charge in [-0.15, -0.1) is 0 Å². The van der Waals surface area contributed by atoms with Crippen molar-refractivity contribution in [3.8, 4) is 0 Å². The van der Waals surface area contributed by atoms with Crippen LogP contribution in [0.15, 0.2) is 54.6 Å². The third kappa shape index (κ3) is 5.67. The van der Waals surface area contributed by atoms with Crippen molar-refractivity contribution in [2.45, 2.75) is 26.8 Å². The molecule has 0 heterocycles. The Morgan fingerprint density at radius 2 is 1.63 bits per heavy atom. The lowest BCUT2D eigenvalue weighted by Crippen LogP contribution is -2.47. The van der Waals surface area contributed by atoms with Crippen LogP contribution in [0.3, 0.4) is 0 Å². The number of alkyl carbamates (subject to hydrolysis) is 1. The van der Waals surface area contributed by atoms with Crippen LogP contribution >= 0.6 is 0 Å². The molecule has 0 saturated heterocycles. The van der Waals surface area contributed by atoms with Crippen LogP contribution in [0.2, 0.25) is 0 Å². The normalized spacial score (nSPS) is 11.6. The van der Waals surface area contributed by atoms with Crippen LogP contribution in [-0.2, 0) is 9.53 Å². The summed E-state index contributed by atoms with van der Waals surface area (Å²) in [4.78, 5) is 36.8. The highest BCUT2D eigenvalue weighted by atomic mass is 16.5. The number of ether oxygens (including phenoxy) is 1. The van der Waals surface area contributed by atoms with Gasteiger partial charge in [0.2, 0.25) is 5.91 Å². The zero-order chi connectivity index (χ0) is 19.8. The van der Waals surface area contributed by atoms with Crippen molar-refractivity contribution < 1.29 is 19.1 Å². The summed E-state index contributed by atoms with van der Waals surface area (Å²) in [6.07, 6.45) is -0.639. The summed E-state index contributed by atoms with van der Waals surface area (Å²) in [5.41, 5.74) is 1.53. The molecule has 1 unspecified atom stereocenters. The Labute approximate surface area is 158 Å². The second kappa shape index (κ2) is 9.52. The van der Waals surface area contributed by atoms with E-state index in [0.717, 1.165) is 0 Å². The minimum atomic E-state index is -0.752. The quantitative estimate of drug-likeness (QED) is 0.731. The second-order valence-electron chi connectivity index (χ2n) is 6.35. The maximum absolute atomic E-state index is 12.6. The number of carbonyl (C=O) groups excluding carboxylic acids is 3. The molecule has 0 spiro atoms. The van der Waals surface area contributed by atoms with E-state index in [9.17, 15) is 14.4 Å². The number of hydrogen-bond donors (Lipinski definition) is 2. The average molecular weight is 368 g/mol. The molecule has 2 aromatic rings. The van der Waals surface area contributed by atoms with Gasteiger partial charge in [-0.25, -0.2) is 4.79 Å². The van der Waals surface area contributed by atoms with Gasteiger partial charge in [0.1, 0.15) is 6.04 Å². The van der Waals surface area contributed by atoms with Crippen molar-refractivity contribution in [2.24, 2.45) is 5.92 Å². The molecule has 0 aliphatic carbocycles. The zero-order valence-electron chi connectivity index (χ0n) is 15.7. The van der Waals surface area contributed by atoms with Crippen LogP contribution in [0.4, 0.5) is 10.5 Å². The van der Waals surface area contributed by atoms with Crippen LogP contribution in [0.5, 0.6) is 0 Å². The highest BCUT2D eigenvalue weighted by Gasteiger charge is 2.25. The lowest BCUT2D eigenvalue weighted by Gasteiger charge is -2.21. The number of hydrogen-bond acceptors (Lipinski definition) is 4. The van der Waals surface area contributed by atoms with Crippen molar-refractivity contribution in [1.29, 1.82) is 0 Å². The smallest absolute Gasteiger partial charge is 0.407 e. The van der Waals surface area contributed by atoms with Gasteiger partial charge in [0.05, 0.1) is 6.61 Å². The number of ketones is 1. The first-order valence-electron chi connectivity index (χ1n) is 8.86. The SMILES string of the molecule is CCOC(=O)NC(C(=O)Nc1cccc(C(=O)c2ccccc2)c1)C(C)C. The van der Waals surface area contributed by atoms with Gasteiger partial charge in [-0.05, 0) is 25.0 Å². The van der Waals surface area contributed by atoms with Gasteiger partial charge >= 0.3 is 6.09 Å². The molecule has 0 aliphatic heterocycles. The fourth-order valence-corrected chi connectivity index (χ4v) is 2.55. The molecule has 0 aromatic heterocycles. The maximum Gasteiger partial charge on any atom is 0.407 e. The van der Waals surface area contributed by atoms with Gasteiger partial charge in [0.15, 0.2) is 5.78 Å². The van der Waals surface area contributed by atoms with E-state index in [1.54, 1.807) is 55.5 Å². The van der Waals surface area contributed by atoms with E-state index in [-0.39, 0.29) is 24.2 Å². The Balaban J connectivity index is 2.13. The molecule has 1 atom stereocenters. The van der Waals surface area contributed by atoms with Crippen LogP contribution in [0, 0.1) is 5.92 Å². The minimum absolute atomic E-state index is 0.128. The van der Waals surface area contributed by atoms with E-state index in [1.807, 2.05) is 19.9 Å². The molecule has 142 valence electrons. The van der Waals surface area contributed by atoms with Crippen molar-refractivity contribution in [3.05, 3.63) is 65.7 Å². The zero-order valence-corrected chi connectivity index (χ0v) is 15.7. The Hall–Kier alpha value is -3.15. The standard InChI is InChI=1S/C21H24N2O4/c1-4-27-21(26)23-18(14(2)3)20(25)22-17-12-8-11-16(13-17)19(24)15-9-6-5-7-10-15/h5-14,18H,4H2,1-3H3,(H,22,25)(H,23,26). The maximum atomic E-state index is 12.6. The van der Waals surface area contributed by atoms with Gasteiger partial charge in [-0.2, -0.15) is 0 Å². The summed E-state index contributed by atoms with van der Waals surface area (Å²) in [7, 11) is 0. The summed E-state index contributed by atoms with van der Waals surface area (Å²) in [6, 6.07) is 14.9. The van der Waals surface area contributed by atoms with E-state index >= 15 is 0 Å². The molecule has 2 aromatic carbocycles. The Bertz CT molecular complexity index is 803. The van der Waals surface area contributed by atoms with Crippen molar-refractivity contribution in [1.82, 2.24) is 5.32 Å². The van der Waals surface area contributed by atoms with Crippen LogP contribution < -0.4 is 10.6 Å². The molecule has 6 heteroatoms. The van der Waals surface area contributed by atoms with E-state index in [1.165, 1.54) is 0 Å². The summed E-state index contributed by atoms with van der Waals surface area (Å²) in [6.45, 7) is 5.57. The van der Waals surface area contributed by atoms with Gasteiger partial charge in [0, 0.05) is 16.8 Å². The summed E-state index contributed by atoms with van der Waals surface area (Å²) in [5, 5.41) is 5.32. The molecule has 27 heavy (non-hydrogen) atoms. The Morgan fingerprint density at radius 3 is 2.26 bits per heavy atom. The molecule has 2 N–H and O–H groups in total. The fourth-order valence-electron chi connectivity index (χ4n) is 2.55. The molecule has 2 rings (SSSR count). The first kappa shape index (κ1) is 20.2. The molecule has 0 fully saturated rings. The average Bonchev–Trinajstić information content (AvgIpc) is 2.66. The molecule has 0 bridgehead atoms. The van der Waals surface area contributed by atoms with Gasteiger partial charge in [-0.1, -0.05) is 56.3 Å². The topological polar surface area (TPSA) is 84.5 Å². The number of nitrogens with one attached hydrogen (secondary N) is 2. The summed E-state index contributed by atoms with van der Waals surface area (Å²) in [5.74, 6) is -0.636. The van der Waals surface area contributed by atoms with Gasteiger partial charge < -0.3 is 15.4 Å². The molecular formula is C21H24N2O4. The van der Waals surface area contributed by atoms with Crippen molar-refractivity contribution in [3.63, 3.8) is 0 Å². The predicted octanol–water partition coefficient (Wildman–Crippen LogP) is 3.63. The number of amides is 2. The third-order valence-corrected chi connectivity index (χ3v) is 3.93. The Kier molecular flexibility index (Phi) is 7.11. The molecule has 0 saturated carbocycles. The molecule has 6 nitrogen and oxygen atoms in total. The number of carbonyl (C=O) groups is 3. The van der Waals surface area contributed by atoms with Crippen LogP contribution in [0.25, 0.3) is 0 Å². The van der Waals surface area contributed by atoms with E-state index in [2.05, 4.69) is 10.6 Å². The molecule has 2 amide bonds. The lowest BCUT2D eigenvalue weighted by molar-refractivity contribution is -0.119. The van der Waals surface area contributed by atoms with E-state index in [0.29, 0.717) is 16.8 Å². The van der Waals surface area contributed by atoms with Crippen LogP contribution in [-0.4, -0.2) is 30.4 Å². The number of anilines is 1. The third-order valence-electron chi connectivity index (χ3n) is 3.93. The molecular weight excluding hydrogens is 344 g/mol. The highest BCUT2D eigenvalue weighted by Crippen LogP contribution is 2.16. The monoisotopic (exact) mass is 368 g/mol. The fraction of sp³-hybridized carbons (Fsp3) is 0.286. The largest absolute Gasteiger partial charge is 0.450 e. The van der Waals surface area contributed by atoms with Crippen molar-refractivity contribution >= 4 is 23.5 Å². The van der Waals surface area contributed by atoms with E-state index < -0.39 is 12.1 Å². The first-order valence-corrected chi connectivity index (χ1v) is 8.86. The molecule has 0 radical (unpaired) electrons. The van der Waals surface area contributed by atoms with Crippen LogP contribution in [0.1, 0.15) is 36.7 Å². The second-order valence-corrected chi connectivity index (χ2v) is 6.35. The first-order chi connectivity index (χ1) is 12.9. The van der Waals surface area contributed by atoms with Gasteiger partial charge in [0.25, 0.3) is 0 Å². The summed E-state index contributed by atoms with van der Waals surface area (Å²) < 4.78 is 4.85. The van der Waals surface area contributed by atoms with Crippen molar-refractivity contribution in [2.75, 3.05) is 11.9 Å². The number of rotatable bonds is 7. The molecule has 0 aliphatic rings. The highest BCUT2D eigenvalue weighted by molar-refractivity contribution is 6.09. The number of benzene rings is 2. The van der Waals surface area contributed by atoms with E-state index in [4.69, 9.17) is 4.74 Å². The Morgan fingerprint density at radius 1 is 0.963 bits per heavy atom. The van der Waals surface area contributed by atoms with Gasteiger partial charge in [-0.3, -0.25) is 9.59 Å². The minimum Gasteiger partial charge on any atom is -0.450 e. The predicted molar refractivity (Wildman–Crippen MR) is 104 cm³/mol.